The van der Waals surface area contributed by atoms with Gasteiger partial charge in [-0.05, 0) is 25.7 Å². The first kappa shape index (κ1) is 20.6. The van der Waals surface area contributed by atoms with Crippen LogP contribution in [0.5, 0.6) is 0 Å². The highest BCUT2D eigenvalue weighted by molar-refractivity contribution is 5.85. The maximum absolute atomic E-state index is 11.4. The van der Waals surface area contributed by atoms with Crippen molar-refractivity contribution in [1.82, 2.24) is 0 Å². The van der Waals surface area contributed by atoms with Crippen LogP contribution in [-0.2, 0) is 33.4 Å². The molecule has 0 aromatic rings. The average molecular weight is 326 g/mol. The van der Waals surface area contributed by atoms with Gasteiger partial charge in [0.25, 0.3) is 0 Å². The highest BCUT2D eigenvalue weighted by Gasteiger charge is 2.10. The van der Waals surface area contributed by atoms with Crippen molar-refractivity contribution in [1.29, 1.82) is 0 Å². The number of ether oxygens (including phenoxy) is 3. The Kier molecular flexibility index (Phi) is 11.8. The van der Waals surface area contributed by atoms with E-state index in [0.717, 1.165) is 12.2 Å². The van der Waals surface area contributed by atoms with Crippen LogP contribution in [0.15, 0.2) is 25.3 Å². The maximum Gasteiger partial charge on any atom is 0.330 e. The van der Waals surface area contributed by atoms with Crippen molar-refractivity contribution in [2.24, 2.45) is 0 Å². The quantitative estimate of drug-likeness (QED) is 0.177. The van der Waals surface area contributed by atoms with Crippen LogP contribution >= 0.6 is 0 Å². The van der Waals surface area contributed by atoms with E-state index in [0.29, 0.717) is 25.7 Å². The van der Waals surface area contributed by atoms with E-state index < -0.39 is 23.9 Å². The minimum atomic E-state index is -0.608. The van der Waals surface area contributed by atoms with Gasteiger partial charge in [0.15, 0.2) is 0 Å². The largest absolute Gasteiger partial charge is 0.463 e. The van der Waals surface area contributed by atoms with Crippen LogP contribution in [0, 0.1) is 0 Å². The lowest BCUT2D eigenvalue weighted by Gasteiger charge is -2.04. The van der Waals surface area contributed by atoms with Crippen molar-refractivity contribution in [2.45, 2.75) is 38.5 Å². The van der Waals surface area contributed by atoms with Gasteiger partial charge in [-0.2, -0.15) is 0 Å². The highest BCUT2D eigenvalue weighted by Crippen LogP contribution is 2.03. The van der Waals surface area contributed by atoms with Gasteiger partial charge in [0, 0.05) is 25.0 Å². The summed E-state index contributed by atoms with van der Waals surface area (Å²) in [5.74, 6) is -2.24. The summed E-state index contributed by atoms with van der Waals surface area (Å²) in [5, 5.41) is 0. The maximum atomic E-state index is 11.4. The van der Waals surface area contributed by atoms with Gasteiger partial charge < -0.3 is 14.2 Å². The molecule has 7 heteroatoms. The molecule has 0 aliphatic carbocycles. The van der Waals surface area contributed by atoms with E-state index in [2.05, 4.69) is 17.9 Å². The first-order valence-electron chi connectivity index (χ1n) is 7.31. The molecule has 0 radical (unpaired) electrons. The van der Waals surface area contributed by atoms with Gasteiger partial charge in [-0.25, -0.2) is 9.59 Å². The Balaban J connectivity index is 3.56. The molecule has 0 aromatic heterocycles. The summed E-state index contributed by atoms with van der Waals surface area (Å²) in [6.07, 6.45) is 4.18. The predicted octanol–water partition coefficient (Wildman–Crippen LogP) is 1.86. The van der Waals surface area contributed by atoms with E-state index in [9.17, 15) is 19.2 Å². The summed E-state index contributed by atoms with van der Waals surface area (Å²) in [5.41, 5.74) is 0. The van der Waals surface area contributed by atoms with Gasteiger partial charge in [-0.3, -0.25) is 9.59 Å². The second-order valence-corrected chi connectivity index (χ2v) is 4.50. The second-order valence-electron chi connectivity index (χ2n) is 4.50. The average Bonchev–Trinajstić information content (AvgIpc) is 2.53. The third-order valence-corrected chi connectivity index (χ3v) is 2.60. The molecule has 0 heterocycles. The lowest BCUT2D eigenvalue weighted by atomic mass is 10.2. The fraction of sp³-hybridized carbons (Fsp3) is 0.500. The summed E-state index contributed by atoms with van der Waals surface area (Å²) in [6.45, 7) is 6.89. The van der Waals surface area contributed by atoms with E-state index in [1.165, 1.54) is 0 Å². The van der Waals surface area contributed by atoms with Gasteiger partial charge in [0.1, 0.15) is 0 Å². The van der Waals surface area contributed by atoms with Crippen LogP contribution in [0.3, 0.4) is 0 Å². The third kappa shape index (κ3) is 13.0. The number of hydrogen-bond acceptors (Lipinski definition) is 7. The van der Waals surface area contributed by atoms with Crippen LogP contribution in [0.2, 0.25) is 0 Å². The lowest BCUT2D eigenvalue weighted by Crippen LogP contribution is -2.12. The number of esters is 4. The number of rotatable bonds is 12. The molecule has 128 valence electrons. The molecule has 0 saturated carbocycles. The van der Waals surface area contributed by atoms with Crippen molar-refractivity contribution >= 4 is 23.9 Å². The van der Waals surface area contributed by atoms with Gasteiger partial charge in [-0.15, -0.1) is 0 Å². The van der Waals surface area contributed by atoms with Crippen molar-refractivity contribution in [3.05, 3.63) is 25.3 Å². The number of carbonyl (C=O) groups excluding carboxylic acids is 4. The van der Waals surface area contributed by atoms with Gasteiger partial charge in [0.2, 0.25) is 0 Å². The smallest absolute Gasteiger partial charge is 0.330 e. The van der Waals surface area contributed by atoms with Crippen molar-refractivity contribution < 1.29 is 33.4 Å². The molecule has 0 amide bonds. The molecule has 0 fully saturated rings. The summed E-state index contributed by atoms with van der Waals surface area (Å²) >= 11 is 0. The molecule has 0 bridgehead atoms. The molecule has 0 N–H and O–H groups in total. The SMILES string of the molecule is C=CC(=O)OCCCCC(=O)OC(=O)CCCCOC(=O)C=C. The zero-order valence-electron chi connectivity index (χ0n) is 13.1. The highest BCUT2D eigenvalue weighted by atomic mass is 16.6. The Hall–Kier alpha value is -2.44. The second kappa shape index (κ2) is 13.2. The third-order valence-electron chi connectivity index (χ3n) is 2.60. The number of carbonyl (C=O) groups is 4. The minimum Gasteiger partial charge on any atom is -0.463 e. The van der Waals surface area contributed by atoms with Gasteiger partial charge in [0.05, 0.1) is 13.2 Å². The summed E-state index contributed by atoms with van der Waals surface area (Å²) in [6, 6.07) is 0. The lowest BCUT2D eigenvalue weighted by molar-refractivity contribution is -0.159. The molecule has 0 spiro atoms. The zero-order valence-corrected chi connectivity index (χ0v) is 13.1. The van der Waals surface area contributed by atoms with Crippen molar-refractivity contribution in [3.63, 3.8) is 0 Å². The van der Waals surface area contributed by atoms with Crippen molar-refractivity contribution in [3.8, 4) is 0 Å². The Labute approximate surface area is 135 Å². The zero-order chi connectivity index (χ0) is 17.5. The molecular formula is C16H22O7. The van der Waals surface area contributed by atoms with Crippen LogP contribution < -0.4 is 0 Å². The number of unbranched alkanes of at least 4 members (excludes halogenated alkanes) is 2. The molecule has 0 unspecified atom stereocenters. The Bertz CT molecular complexity index is 400. The summed E-state index contributed by atoms with van der Waals surface area (Å²) < 4.78 is 14.1. The fourth-order valence-electron chi connectivity index (χ4n) is 1.44. The van der Waals surface area contributed by atoms with E-state index in [-0.39, 0.29) is 26.1 Å². The minimum absolute atomic E-state index is 0.0777. The van der Waals surface area contributed by atoms with Crippen LogP contribution in [0.1, 0.15) is 38.5 Å². The molecule has 23 heavy (non-hydrogen) atoms. The molecule has 0 rings (SSSR count). The Morgan fingerprint density at radius 2 is 1.09 bits per heavy atom. The van der Waals surface area contributed by atoms with Gasteiger partial charge >= 0.3 is 23.9 Å². The van der Waals surface area contributed by atoms with Crippen LogP contribution in [0.25, 0.3) is 0 Å². The van der Waals surface area contributed by atoms with Crippen LogP contribution in [-0.4, -0.2) is 37.1 Å². The van der Waals surface area contributed by atoms with E-state index in [1.54, 1.807) is 0 Å². The van der Waals surface area contributed by atoms with E-state index in [1.807, 2.05) is 0 Å². The van der Waals surface area contributed by atoms with E-state index >= 15 is 0 Å². The van der Waals surface area contributed by atoms with E-state index in [4.69, 9.17) is 9.47 Å². The normalized spacial score (nSPS) is 9.57. The summed E-state index contributed by atoms with van der Waals surface area (Å²) in [4.78, 5) is 44.2. The van der Waals surface area contributed by atoms with Gasteiger partial charge in [-0.1, -0.05) is 13.2 Å². The number of hydrogen-bond donors (Lipinski definition) is 0. The first-order valence-corrected chi connectivity index (χ1v) is 7.31. The monoisotopic (exact) mass is 326 g/mol. The predicted molar refractivity (Wildman–Crippen MR) is 81.1 cm³/mol. The topological polar surface area (TPSA) is 96.0 Å². The molecule has 0 aliphatic rings. The fourth-order valence-corrected chi connectivity index (χ4v) is 1.44. The standard InChI is InChI=1S/C16H22O7/c1-3-13(17)21-11-7-5-9-15(19)23-16(20)10-6-8-12-22-14(18)4-2/h3-4H,1-2,5-12H2. The summed E-state index contributed by atoms with van der Waals surface area (Å²) in [7, 11) is 0. The molecular weight excluding hydrogens is 304 g/mol. The van der Waals surface area contributed by atoms with Crippen LogP contribution in [0.4, 0.5) is 0 Å². The first-order chi connectivity index (χ1) is 11.0. The molecule has 7 nitrogen and oxygen atoms in total. The molecule has 0 aliphatic heterocycles. The molecule has 0 atom stereocenters. The molecule has 0 aromatic carbocycles. The Morgan fingerprint density at radius 3 is 1.43 bits per heavy atom. The molecule has 0 saturated heterocycles. The van der Waals surface area contributed by atoms with Crippen molar-refractivity contribution in [2.75, 3.05) is 13.2 Å². The Morgan fingerprint density at radius 1 is 0.696 bits per heavy atom.